The zero-order valence-corrected chi connectivity index (χ0v) is 8.10. The third-order valence-corrected chi connectivity index (χ3v) is 1.19. The number of nitrogens with two attached hydrogens (primary N) is 1. The molecule has 0 saturated heterocycles. The summed E-state index contributed by atoms with van der Waals surface area (Å²) >= 11 is 0. The molecule has 0 fully saturated rings. The Labute approximate surface area is 82.2 Å². The topological polar surface area (TPSA) is 70.8 Å². The van der Waals surface area contributed by atoms with Gasteiger partial charge in [0, 0.05) is 5.56 Å². The number of amides is 1. The minimum Gasteiger partial charge on any atom is -0.366 e. The van der Waals surface area contributed by atoms with E-state index in [9.17, 15) is 4.79 Å². The van der Waals surface area contributed by atoms with Crippen molar-refractivity contribution >= 4 is 5.91 Å². The van der Waals surface area contributed by atoms with Crippen LogP contribution in [0.3, 0.4) is 0 Å². The van der Waals surface area contributed by atoms with Crippen LogP contribution in [0, 0.1) is 0 Å². The molecular weight excluding hydrogens is 186 g/mol. The van der Waals surface area contributed by atoms with Crippen LogP contribution in [-0.2, 0) is 14.8 Å². The zero-order chi connectivity index (χ0) is 10.8. The summed E-state index contributed by atoms with van der Waals surface area (Å²) in [6.45, 7) is 0. The summed E-state index contributed by atoms with van der Waals surface area (Å²) in [7, 11) is 2.73. The first-order valence-electron chi connectivity index (χ1n) is 3.80. The van der Waals surface area contributed by atoms with Gasteiger partial charge < -0.3 is 5.73 Å². The first kappa shape index (κ1) is 12.6. The Balaban J connectivity index is 0.000000292. The zero-order valence-electron chi connectivity index (χ0n) is 8.10. The van der Waals surface area contributed by atoms with Crippen molar-refractivity contribution in [2.24, 2.45) is 5.73 Å². The number of benzene rings is 1. The van der Waals surface area contributed by atoms with Crippen LogP contribution in [-0.4, -0.2) is 20.1 Å². The maximum Gasteiger partial charge on any atom is 0.248 e. The van der Waals surface area contributed by atoms with Crippen molar-refractivity contribution in [1.29, 1.82) is 0 Å². The van der Waals surface area contributed by atoms with Gasteiger partial charge in [-0.25, -0.2) is 9.78 Å². The van der Waals surface area contributed by atoms with E-state index in [1.807, 2.05) is 6.07 Å². The molecule has 5 nitrogen and oxygen atoms in total. The van der Waals surface area contributed by atoms with Gasteiger partial charge >= 0.3 is 0 Å². The molecule has 0 radical (unpaired) electrons. The maximum atomic E-state index is 10.4. The lowest BCUT2D eigenvalue weighted by Crippen LogP contribution is -2.09. The first-order chi connectivity index (χ1) is 6.72. The molecule has 0 unspecified atom stereocenters. The molecule has 14 heavy (non-hydrogen) atoms. The molecule has 5 heteroatoms. The van der Waals surface area contributed by atoms with Gasteiger partial charge in [-0.1, -0.05) is 23.2 Å². The van der Waals surface area contributed by atoms with E-state index in [1.54, 1.807) is 24.3 Å². The van der Waals surface area contributed by atoms with Crippen molar-refractivity contribution < 1.29 is 19.6 Å². The number of rotatable bonds is 3. The van der Waals surface area contributed by atoms with E-state index in [0.29, 0.717) is 5.56 Å². The largest absolute Gasteiger partial charge is 0.366 e. The van der Waals surface area contributed by atoms with Crippen molar-refractivity contribution in [3.8, 4) is 0 Å². The number of primary amides is 1. The molecule has 2 N–H and O–H groups in total. The van der Waals surface area contributed by atoms with Crippen LogP contribution in [0.15, 0.2) is 30.3 Å². The molecule has 0 saturated carbocycles. The molecule has 1 rings (SSSR count). The Kier molecular flexibility index (Phi) is 7.35. The molecule has 0 heterocycles. The summed E-state index contributed by atoms with van der Waals surface area (Å²) in [5.41, 5.74) is 5.53. The van der Waals surface area contributed by atoms with E-state index in [0.717, 1.165) is 0 Å². The smallest absolute Gasteiger partial charge is 0.248 e. The average Bonchev–Trinajstić information content (AvgIpc) is 2.21. The highest BCUT2D eigenvalue weighted by molar-refractivity contribution is 5.92. The third-order valence-electron chi connectivity index (χ3n) is 1.19. The SMILES string of the molecule is COOOC.NC(=O)c1ccccc1. The monoisotopic (exact) mass is 199 g/mol. The van der Waals surface area contributed by atoms with Crippen LogP contribution in [0.4, 0.5) is 0 Å². The van der Waals surface area contributed by atoms with Crippen LogP contribution in [0.2, 0.25) is 0 Å². The fraction of sp³-hybridized carbons (Fsp3) is 0.222. The molecular formula is C9H13NO4. The van der Waals surface area contributed by atoms with Crippen LogP contribution >= 0.6 is 0 Å². The molecule has 1 amide bonds. The fourth-order valence-electron chi connectivity index (χ4n) is 0.670. The number of carbonyl (C=O) groups is 1. The Morgan fingerprint density at radius 2 is 1.64 bits per heavy atom. The Morgan fingerprint density at radius 3 is 1.86 bits per heavy atom. The van der Waals surface area contributed by atoms with Gasteiger partial charge in [0.1, 0.15) is 0 Å². The van der Waals surface area contributed by atoms with Gasteiger partial charge in [0.05, 0.1) is 14.2 Å². The second kappa shape index (κ2) is 8.18. The summed E-state index contributed by atoms with van der Waals surface area (Å²) in [5.74, 6) is -0.379. The molecule has 0 bridgehead atoms. The van der Waals surface area contributed by atoms with Crippen molar-refractivity contribution in [1.82, 2.24) is 0 Å². The van der Waals surface area contributed by atoms with E-state index in [1.165, 1.54) is 14.2 Å². The molecule has 0 aliphatic carbocycles. The number of carbonyl (C=O) groups excluding carboxylic acids is 1. The highest BCUT2D eigenvalue weighted by Crippen LogP contribution is 1.94. The van der Waals surface area contributed by atoms with Gasteiger partial charge in [0.25, 0.3) is 0 Å². The lowest BCUT2D eigenvalue weighted by molar-refractivity contribution is -0.491. The Hall–Kier alpha value is -1.43. The minimum atomic E-state index is -0.379. The first-order valence-corrected chi connectivity index (χ1v) is 3.80. The molecule has 0 aliphatic heterocycles. The lowest BCUT2D eigenvalue weighted by atomic mass is 10.2. The predicted molar refractivity (Wildman–Crippen MR) is 50.1 cm³/mol. The van der Waals surface area contributed by atoms with Crippen LogP contribution in [0.1, 0.15) is 10.4 Å². The molecule has 78 valence electrons. The molecule has 1 aromatic carbocycles. The van der Waals surface area contributed by atoms with E-state index >= 15 is 0 Å². The highest BCUT2D eigenvalue weighted by atomic mass is 17.5. The molecule has 0 aliphatic rings. The second-order valence-electron chi connectivity index (χ2n) is 2.13. The highest BCUT2D eigenvalue weighted by Gasteiger charge is 1.93. The van der Waals surface area contributed by atoms with Crippen LogP contribution < -0.4 is 5.73 Å². The average molecular weight is 199 g/mol. The minimum absolute atomic E-state index is 0.379. The van der Waals surface area contributed by atoms with Crippen LogP contribution in [0.5, 0.6) is 0 Å². The molecule has 0 spiro atoms. The summed E-state index contributed by atoms with van der Waals surface area (Å²) in [4.78, 5) is 18.4. The molecule has 0 atom stereocenters. The fourth-order valence-corrected chi connectivity index (χ4v) is 0.670. The van der Waals surface area contributed by atoms with Gasteiger partial charge in [-0.05, 0) is 12.1 Å². The van der Waals surface area contributed by atoms with Gasteiger partial charge in [0.15, 0.2) is 0 Å². The predicted octanol–water partition coefficient (Wildman–Crippen LogP) is 0.911. The van der Waals surface area contributed by atoms with Crippen LogP contribution in [0.25, 0.3) is 0 Å². The normalized spacial score (nSPS) is 8.71. The van der Waals surface area contributed by atoms with Gasteiger partial charge in [-0.15, -0.1) is 0 Å². The number of hydrogen-bond acceptors (Lipinski definition) is 4. The van der Waals surface area contributed by atoms with Crippen molar-refractivity contribution in [3.63, 3.8) is 0 Å². The Bertz CT molecular complexity index is 248. The van der Waals surface area contributed by atoms with Gasteiger partial charge in [-0.2, -0.15) is 0 Å². The van der Waals surface area contributed by atoms with Crippen molar-refractivity contribution in [2.75, 3.05) is 14.2 Å². The second-order valence-corrected chi connectivity index (χ2v) is 2.13. The molecule has 0 aromatic heterocycles. The standard InChI is InChI=1S/C7H7NO.C2H6O3/c8-7(9)6-4-2-1-3-5-6;1-3-5-4-2/h1-5H,(H2,8,9);1-2H3. The lowest BCUT2D eigenvalue weighted by Gasteiger charge is -1.89. The van der Waals surface area contributed by atoms with Crippen molar-refractivity contribution in [3.05, 3.63) is 35.9 Å². The summed E-state index contributed by atoms with van der Waals surface area (Å²) in [6, 6.07) is 8.76. The van der Waals surface area contributed by atoms with Gasteiger partial charge in [0.2, 0.25) is 5.91 Å². The summed E-state index contributed by atoms with van der Waals surface area (Å²) in [6.07, 6.45) is 0. The van der Waals surface area contributed by atoms with E-state index in [4.69, 9.17) is 5.73 Å². The quantitative estimate of drug-likeness (QED) is 0.580. The summed E-state index contributed by atoms with van der Waals surface area (Å²) in [5, 5.41) is 3.83. The summed E-state index contributed by atoms with van der Waals surface area (Å²) < 4.78 is 0. The molecule has 1 aromatic rings. The van der Waals surface area contributed by atoms with E-state index < -0.39 is 0 Å². The van der Waals surface area contributed by atoms with E-state index in [2.05, 4.69) is 14.8 Å². The number of hydrogen-bond donors (Lipinski definition) is 1. The third kappa shape index (κ3) is 6.13. The van der Waals surface area contributed by atoms with Crippen molar-refractivity contribution in [2.45, 2.75) is 0 Å². The van der Waals surface area contributed by atoms with Gasteiger partial charge in [-0.3, -0.25) is 4.79 Å². The van der Waals surface area contributed by atoms with E-state index in [-0.39, 0.29) is 5.91 Å². The Morgan fingerprint density at radius 1 is 1.14 bits per heavy atom. The maximum absolute atomic E-state index is 10.4.